The predicted molar refractivity (Wildman–Crippen MR) is 73.3 cm³/mol. The molecule has 0 fully saturated rings. The lowest BCUT2D eigenvalue weighted by atomic mass is 10.4. The minimum Gasteiger partial charge on any atom is -0.334 e. The molecule has 0 aliphatic rings. The van der Waals surface area contributed by atoms with Crippen molar-refractivity contribution in [1.29, 1.82) is 0 Å². The van der Waals surface area contributed by atoms with Crippen LogP contribution in [0.5, 0.6) is 0 Å². The molecule has 0 spiro atoms. The highest BCUT2D eigenvalue weighted by Gasteiger charge is 2.10. The predicted octanol–water partition coefficient (Wildman–Crippen LogP) is 3.85. The van der Waals surface area contributed by atoms with Gasteiger partial charge in [0.05, 0.1) is 0 Å². The lowest BCUT2D eigenvalue weighted by Gasteiger charge is -2.17. The lowest BCUT2D eigenvalue weighted by Crippen LogP contribution is -2.26. The number of carbonyl (C=O) groups is 1. The van der Waals surface area contributed by atoms with Crippen LogP contribution in [0.4, 0.5) is 4.79 Å². The van der Waals surface area contributed by atoms with E-state index in [-0.39, 0.29) is 5.24 Å². The summed E-state index contributed by atoms with van der Waals surface area (Å²) in [4.78, 5) is 14.6. The van der Waals surface area contributed by atoms with E-state index < -0.39 is 0 Å². The van der Waals surface area contributed by atoms with E-state index >= 15 is 0 Å². The summed E-state index contributed by atoms with van der Waals surface area (Å²) in [6, 6.07) is 7.98. The molecule has 1 aromatic rings. The van der Waals surface area contributed by atoms with Gasteiger partial charge < -0.3 is 4.90 Å². The number of benzene rings is 1. The molecule has 0 unspecified atom stereocenters. The van der Waals surface area contributed by atoms with E-state index in [0.29, 0.717) is 0 Å². The topological polar surface area (TPSA) is 20.3 Å². The number of halogens is 1. The van der Waals surface area contributed by atoms with Gasteiger partial charge in [0.1, 0.15) is 0 Å². The van der Waals surface area contributed by atoms with Crippen LogP contribution in [0.25, 0.3) is 0 Å². The highest BCUT2D eigenvalue weighted by atomic mass is 127. The fraction of sp³-hybridized carbons (Fsp3) is 0.364. The largest absolute Gasteiger partial charge is 0.334 e. The molecule has 0 radical (unpaired) electrons. The highest BCUT2D eigenvalue weighted by molar-refractivity contribution is 14.1. The van der Waals surface area contributed by atoms with E-state index in [1.807, 2.05) is 43.0 Å². The summed E-state index contributed by atoms with van der Waals surface area (Å²) in [7, 11) is 0. The normalized spacial score (nSPS) is 10.1. The van der Waals surface area contributed by atoms with Gasteiger partial charge in [0, 0.05) is 21.6 Å². The Bertz CT molecular complexity index is 322. The van der Waals surface area contributed by atoms with Gasteiger partial charge in [0.25, 0.3) is 5.24 Å². The SMILES string of the molecule is CCN(CC)C(=O)Sc1ccc(I)cc1. The van der Waals surface area contributed by atoms with Crippen LogP contribution in [-0.4, -0.2) is 23.2 Å². The smallest absolute Gasteiger partial charge is 0.286 e. The molecule has 1 rings (SSSR count). The Kier molecular flexibility index (Phi) is 5.45. The summed E-state index contributed by atoms with van der Waals surface area (Å²) in [6.45, 7) is 5.53. The molecule has 1 aromatic carbocycles. The number of amides is 1. The number of hydrogen-bond acceptors (Lipinski definition) is 2. The Labute approximate surface area is 109 Å². The van der Waals surface area contributed by atoms with Crippen molar-refractivity contribution in [2.75, 3.05) is 13.1 Å². The highest BCUT2D eigenvalue weighted by Crippen LogP contribution is 2.22. The van der Waals surface area contributed by atoms with Gasteiger partial charge in [0.15, 0.2) is 0 Å². The number of nitrogens with zero attached hydrogens (tertiary/aromatic N) is 1. The van der Waals surface area contributed by atoms with Crippen molar-refractivity contribution in [3.05, 3.63) is 27.8 Å². The molecule has 0 heterocycles. The maximum atomic E-state index is 11.7. The molecule has 0 saturated heterocycles. The van der Waals surface area contributed by atoms with Crippen molar-refractivity contribution in [2.24, 2.45) is 0 Å². The third-order valence-corrected chi connectivity index (χ3v) is 3.70. The second-order valence-electron chi connectivity index (χ2n) is 2.99. The first kappa shape index (κ1) is 12.8. The van der Waals surface area contributed by atoms with Gasteiger partial charge in [-0.25, -0.2) is 0 Å². The third-order valence-electron chi connectivity index (χ3n) is 2.04. The Morgan fingerprint density at radius 2 is 1.80 bits per heavy atom. The van der Waals surface area contributed by atoms with Gasteiger partial charge in [-0.3, -0.25) is 4.79 Å². The van der Waals surface area contributed by atoms with Crippen LogP contribution >= 0.6 is 34.4 Å². The molecular formula is C11H14INOS. The van der Waals surface area contributed by atoms with Crippen molar-refractivity contribution in [3.63, 3.8) is 0 Å². The van der Waals surface area contributed by atoms with Crippen LogP contribution in [0.1, 0.15) is 13.8 Å². The van der Waals surface area contributed by atoms with Crippen LogP contribution < -0.4 is 0 Å². The number of carbonyl (C=O) groups excluding carboxylic acids is 1. The quantitative estimate of drug-likeness (QED) is 0.618. The zero-order valence-electron chi connectivity index (χ0n) is 8.87. The van der Waals surface area contributed by atoms with Crippen LogP contribution in [0.3, 0.4) is 0 Å². The molecule has 0 aliphatic heterocycles. The Hall–Kier alpha value is -0.230. The maximum absolute atomic E-state index is 11.7. The minimum absolute atomic E-state index is 0.126. The van der Waals surface area contributed by atoms with Gasteiger partial charge in [-0.1, -0.05) is 0 Å². The second-order valence-corrected chi connectivity index (χ2v) is 5.26. The van der Waals surface area contributed by atoms with Crippen molar-refractivity contribution in [1.82, 2.24) is 4.90 Å². The Morgan fingerprint density at radius 1 is 1.27 bits per heavy atom. The third kappa shape index (κ3) is 4.03. The monoisotopic (exact) mass is 335 g/mol. The number of rotatable bonds is 3. The first-order valence-electron chi connectivity index (χ1n) is 4.89. The van der Waals surface area contributed by atoms with E-state index in [1.54, 1.807) is 0 Å². The minimum atomic E-state index is 0.126. The second kappa shape index (κ2) is 6.37. The average molecular weight is 335 g/mol. The van der Waals surface area contributed by atoms with E-state index in [0.717, 1.165) is 18.0 Å². The van der Waals surface area contributed by atoms with Gasteiger partial charge in [0.2, 0.25) is 0 Å². The Balaban J connectivity index is 2.61. The first-order valence-corrected chi connectivity index (χ1v) is 6.79. The molecule has 0 bridgehead atoms. The van der Waals surface area contributed by atoms with Crippen molar-refractivity contribution in [2.45, 2.75) is 18.7 Å². The molecule has 0 aliphatic carbocycles. The first-order chi connectivity index (χ1) is 7.17. The molecule has 0 saturated carbocycles. The summed E-state index contributed by atoms with van der Waals surface area (Å²) in [5.74, 6) is 0. The van der Waals surface area contributed by atoms with Gasteiger partial charge in [-0.05, 0) is 72.5 Å². The Morgan fingerprint density at radius 3 is 2.27 bits per heavy atom. The zero-order valence-corrected chi connectivity index (χ0v) is 11.8. The van der Waals surface area contributed by atoms with Crippen molar-refractivity contribution < 1.29 is 4.79 Å². The van der Waals surface area contributed by atoms with Crippen LogP contribution in [0, 0.1) is 3.57 Å². The lowest BCUT2D eigenvalue weighted by molar-refractivity contribution is 0.228. The number of hydrogen-bond donors (Lipinski definition) is 0. The van der Waals surface area contributed by atoms with Crippen LogP contribution in [0.2, 0.25) is 0 Å². The van der Waals surface area contributed by atoms with Gasteiger partial charge >= 0.3 is 0 Å². The standard InChI is InChI=1S/C11H14INOS/c1-3-13(4-2)11(14)15-10-7-5-9(12)6-8-10/h5-8H,3-4H2,1-2H3. The maximum Gasteiger partial charge on any atom is 0.286 e. The molecule has 4 heteroatoms. The molecule has 15 heavy (non-hydrogen) atoms. The fourth-order valence-corrected chi connectivity index (χ4v) is 2.37. The summed E-state index contributed by atoms with van der Waals surface area (Å²) in [5, 5.41) is 0.126. The molecular weight excluding hydrogens is 321 g/mol. The van der Waals surface area contributed by atoms with Crippen LogP contribution in [0.15, 0.2) is 29.2 Å². The van der Waals surface area contributed by atoms with E-state index in [4.69, 9.17) is 0 Å². The summed E-state index contributed by atoms with van der Waals surface area (Å²) < 4.78 is 1.19. The van der Waals surface area contributed by atoms with Crippen molar-refractivity contribution in [3.8, 4) is 0 Å². The van der Waals surface area contributed by atoms with Gasteiger partial charge in [-0.15, -0.1) is 0 Å². The van der Waals surface area contributed by atoms with Gasteiger partial charge in [-0.2, -0.15) is 0 Å². The summed E-state index contributed by atoms with van der Waals surface area (Å²) in [5.41, 5.74) is 0. The number of thioether (sulfide) groups is 1. The van der Waals surface area contributed by atoms with Crippen LogP contribution in [-0.2, 0) is 0 Å². The molecule has 2 nitrogen and oxygen atoms in total. The van der Waals surface area contributed by atoms with Crippen molar-refractivity contribution >= 4 is 39.6 Å². The molecule has 1 amide bonds. The zero-order chi connectivity index (χ0) is 11.3. The van der Waals surface area contributed by atoms with E-state index in [2.05, 4.69) is 22.6 Å². The molecule has 82 valence electrons. The average Bonchev–Trinajstić information content (AvgIpc) is 2.23. The molecule has 0 N–H and O–H groups in total. The molecule has 0 atom stereocenters. The fourth-order valence-electron chi connectivity index (χ4n) is 1.15. The van der Waals surface area contributed by atoms with E-state index in [9.17, 15) is 4.79 Å². The van der Waals surface area contributed by atoms with E-state index in [1.165, 1.54) is 15.3 Å². The molecule has 0 aromatic heterocycles. The summed E-state index contributed by atoms with van der Waals surface area (Å²) >= 11 is 3.55. The summed E-state index contributed by atoms with van der Waals surface area (Å²) in [6.07, 6.45) is 0.